The van der Waals surface area contributed by atoms with Crippen molar-refractivity contribution in [2.45, 2.75) is 39.2 Å². The maximum absolute atomic E-state index is 12.3. The number of aryl methyl sites for hydroxylation is 1. The summed E-state index contributed by atoms with van der Waals surface area (Å²) >= 11 is 0. The number of rotatable bonds is 10. The fourth-order valence-corrected chi connectivity index (χ4v) is 3.76. The molecule has 4 N–H and O–H groups in total. The summed E-state index contributed by atoms with van der Waals surface area (Å²) in [7, 11) is 1.67. The number of nitrogen functional groups attached to an aromatic ring is 1. The highest BCUT2D eigenvalue weighted by Gasteiger charge is 2.25. The van der Waals surface area contributed by atoms with Crippen LogP contribution in [0, 0.1) is 5.92 Å². The molecule has 9 heteroatoms. The highest BCUT2D eigenvalue weighted by atomic mass is 16.5. The number of para-hydroxylation sites is 1. The molecular formula is C22H33N7O2. The van der Waals surface area contributed by atoms with E-state index in [0.717, 1.165) is 44.5 Å². The van der Waals surface area contributed by atoms with Gasteiger partial charge in [0, 0.05) is 31.9 Å². The number of hydrogen-bond donors (Lipinski definition) is 3. The van der Waals surface area contributed by atoms with Crippen LogP contribution in [0.1, 0.15) is 37.6 Å². The van der Waals surface area contributed by atoms with E-state index in [9.17, 15) is 4.79 Å². The van der Waals surface area contributed by atoms with E-state index >= 15 is 0 Å². The fraction of sp³-hybridized carbons (Fsp3) is 0.545. The fourth-order valence-electron chi connectivity index (χ4n) is 3.76. The van der Waals surface area contributed by atoms with Crippen molar-refractivity contribution in [2.24, 2.45) is 5.92 Å². The lowest BCUT2D eigenvalue weighted by atomic mass is 9.96. The second-order valence-corrected chi connectivity index (χ2v) is 7.76. The van der Waals surface area contributed by atoms with Crippen LogP contribution in [-0.4, -0.2) is 59.1 Å². The molecule has 1 aromatic heterocycles. The van der Waals surface area contributed by atoms with E-state index < -0.39 is 0 Å². The van der Waals surface area contributed by atoms with Crippen molar-refractivity contribution in [1.29, 1.82) is 0 Å². The number of hydrogen-bond acceptors (Lipinski definition) is 8. The number of piperidine rings is 1. The van der Waals surface area contributed by atoms with Crippen molar-refractivity contribution in [2.75, 3.05) is 44.4 Å². The minimum absolute atomic E-state index is 0.0602. The minimum atomic E-state index is 0.0602. The van der Waals surface area contributed by atoms with Gasteiger partial charge in [-0.2, -0.15) is 15.0 Å². The average molecular weight is 428 g/mol. The molecule has 31 heavy (non-hydrogen) atoms. The molecule has 1 aromatic carbocycles. The largest absolute Gasteiger partial charge is 0.385 e. The molecule has 1 amide bonds. The second kappa shape index (κ2) is 11.6. The van der Waals surface area contributed by atoms with Crippen LogP contribution in [0.3, 0.4) is 0 Å². The maximum atomic E-state index is 12.3. The molecule has 1 aliphatic rings. The molecule has 0 radical (unpaired) electrons. The van der Waals surface area contributed by atoms with Gasteiger partial charge in [0.1, 0.15) is 5.82 Å². The number of carbonyl (C=O) groups is 1. The zero-order chi connectivity index (χ0) is 22.1. The number of anilines is 3. The standard InChI is InChI=1S/C22H33N7O2/c1-3-16-7-4-5-8-18(16)25-22-27-19(26-21(23)28-22)15-29-12-9-17(10-13-29)20(30)24-11-6-14-31-2/h4-5,7-8,17H,3,6,9-15H2,1-2H3,(H,24,30)(H3,23,25,26,27,28). The van der Waals surface area contributed by atoms with Gasteiger partial charge in [0.25, 0.3) is 0 Å². The molecule has 168 valence electrons. The molecular weight excluding hydrogens is 394 g/mol. The molecule has 1 fully saturated rings. The number of amides is 1. The molecule has 9 nitrogen and oxygen atoms in total. The number of aromatic nitrogens is 3. The van der Waals surface area contributed by atoms with Gasteiger partial charge in [-0.05, 0) is 50.4 Å². The molecule has 0 unspecified atom stereocenters. The predicted molar refractivity (Wildman–Crippen MR) is 121 cm³/mol. The predicted octanol–water partition coefficient (Wildman–Crippen LogP) is 2.12. The van der Waals surface area contributed by atoms with Crippen molar-refractivity contribution in [1.82, 2.24) is 25.2 Å². The molecule has 0 saturated carbocycles. The molecule has 0 aliphatic carbocycles. The van der Waals surface area contributed by atoms with E-state index in [4.69, 9.17) is 10.5 Å². The third kappa shape index (κ3) is 6.86. The summed E-state index contributed by atoms with van der Waals surface area (Å²) in [6, 6.07) is 8.07. The Balaban J connectivity index is 1.53. The number of carbonyl (C=O) groups excluding carboxylic acids is 1. The summed E-state index contributed by atoms with van der Waals surface area (Å²) in [5.41, 5.74) is 8.09. The lowest BCUT2D eigenvalue weighted by molar-refractivity contribution is -0.126. The quantitative estimate of drug-likeness (QED) is 0.494. The van der Waals surface area contributed by atoms with Gasteiger partial charge in [-0.3, -0.25) is 9.69 Å². The van der Waals surface area contributed by atoms with E-state index in [-0.39, 0.29) is 17.8 Å². The van der Waals surface area contributed by atoms with Crippen LogP contribution >= 0.6 is 0 Å². The summed E-state index contributed by atoms with van der Waals surface area (Å²) in [6.07, 6.45) is 3.39. The van der Waals surface area contributed by atoms with Crippen LogP contribution in [-0.2, 0) is 22.5 Å². The Morgan fingerprint density at radius 1 is 1.23 bits per heavy atom. The first kappa shape index (κ1) is 22.9. The van der Waals surface area contributed by atoms with Crippen LogP contribution in [0.25, 0.3) is 0 Å². The molecule has 1 saturated heterocycles. The van der Waals surface area contributed by atoms with Gasteiger partial charge in [0.05, 0.1) is 6.54 Å². The Hall–Kier alpha value is -2.78. The van der Waals surface area contributed by atoms with E-state index in [1.807, 2.05) is 18.2 Å². The van der Waals surface area contributed by atoms with Crippen LogP contribution in [0.4, 0.5) is 17.6 Å². The zero-order valence-electron chi connectivity index (χ0n) is 18.4. The first-order chi connectivity index (χ1) is 15.1. The molecule has 2 aromatic rings. The van der Waals surface area contributed by atoms with Gasteiger partial charge >= 0.3 is 0 Å². The third-order valence-corrected chi connectivity index (χ3v) is 5.49. The molecule has 1 aliphatic heterocycles. The summed E-state index contributed by atoms with van der Waals surface area (Å²) in [5.74, 6) is 1.48. The highest BCUT2D eigenvalue weighted by Crippen LogP contribution is 2.21. The Morgan fingerprint density at radius 3 is 2.74 bits per heavy atom. The van der Waals surface area contributed by atoms with Crippen LogP contribution < -0.4 is 16.4 Å². The Kier molecular flexibility index (Phi) is 8.54. The number of ether oxygens (including phenoxy) is 1. The number of benzene rings is 1. The van der Waals surface area contributed by atoms with Gasteiger partial charge in [0.2, 0.25) is 17.8 Å². The van der Waals surface area contributed by atoms with Crippen LogP contribution in [0.5, 0.6) is 0 Å². The molecule has 3 rings (SSSR count). The number of nitrogens with one attached hydrogen (secondary N) is 2. The molecule has 0 spiro atoms. The topological polar surface area (TPSA) is 118 Å². The summed E-state index contributed by atoms with van der Waals surface area (Å²) in [4.78, 5) is 27.7. The Bertz CT molecular complexity index is 854. The SMILES string of the molecule is CCc1ccccc1Nc1nc(N)nc(CN2CCC(C(=O)NCCCOC)CC2)n1. The summed E-state index contributed by atoms with van der Waals surface area (Å²) < 4.78 is 5.01. The van der Waals surface area contributed by atoms with E-state index in [0.29, 0.717) is 31.5 Å². The maximum Gasteiger partial charge on any atom is 0.232 e. The monoisotopic (exact) mass is 427 g/mol. The van der Waals surface area contributed by atoms with Crippen molar-refractivity contribution in [3.05, 3.63) is 35.7 Å². The third-order valence-electron chi connectivity index (χ3n) is 5.49. The number of likely N-dealkylation sites (tertiary alicyclic amines) is 1. The summed E-state index contributed by atoms with van der Waals surface area (Å²) in [5, 5.41) is 6.27. The molecule has 0 atom stereocenters. The normalized spacial score (nSPS) is 15.0. The lowest BCUT2D eigenvalue weighted by Gasteiger charge is -2.30. The summed E-state index contributed by atoms with van der Waals surface area (Å²) in [6.45, 7) is 5.66. The highest BCUT2D eigenvalue weighted by molar-refractivity contribution is 5.78. The number of methoxy groups -OCH3 is 1. The average Bonchev–Trinajstić information content (AvgIpc) is 2.77. The second-order valence-electron chi connectivity index (χ2n) is 7.76. The van der Waals surface area contributed by atoms with Crippen molar-refractivity contribution >= 4 is 23.5 Å². The van der Waals surface area contributed by atoms with Gasteiger partial charge in [-0.25, -0.2) is 0 Å². The number of nitrogens with two attached hydrogens (primary N) is 1. The van der Waals surface area contributed by atoms with Gasteiger partial charge in [-0.15, -0.1) is 0 Å². The molecule has 0 bridgehead atoms. The first-order valence-electron chi connectivity index (χ1n) is 10.9. The first-order valence-corrected chi connectivity index (χ1v) is 10.9. The van der Waals surface area contributed by atoms with Gasteiger partial charge in [-0.1, -0.05) is 25.1 Å². The smallest absolute Gasteiger partial charge is 0.232 e. The van der Waals surface area contributed by atoms with Gasteiger partial charge < -0.3 is 21.1 Å². The zero-order valence-corrected chi connectivity index (χ0v) is 18.4. The van der Waals surface area contributed by atoms with Crippen LogP contribution in [0.15, 0.2) is 24.3 Å². The van der Waals surface area contributed by atoms with E-state index in [1.54, 1.807) is 7.11 Å². The van der Waals surface area contributed by atoms with Crippen molar-refractivity contribution < 1.29 is 9.53 Å². The Morgan fingerprint density at radius 2 is 2.00 bits per heavy atom. The van der Waals surface area contributed by atoms with Gasteiger partial charge in [0.15, 0.2) is 0 Å². The lowest BCUT2D eigenvalue weighted by Crippen LogP contribution is -2.40. The van der Waals surface area contributed by atoms with Crippen LogP contribution in [0.2, 0.25) is 0 Å². The number of nitrogens with zero attached hydrogens (tertiary/aromatic N) is 4. The minimum Gasteiger partial charge on any atom is -0.385 e. The molecule has 2 heterocycles. The van der Waals surface area contributed by atoms with Crippen molar-refractivity contribution in [3.63, 3.8) is 0 Å². The van der Waals surface area contributed by atoms with E-state index in [1.165, 1.54) is 5.56 Å². The van der Waals surface area contributed by atoms with E-state index in [2.05, 4.69) is 43.5 Å². The Labute approximate surface area is 183 Å². The van der Waals surface area contributed by atoms with Crippen molar-refractivity contribution in [3.8, 4) is 0 Å².